The SMILES string of the molecule is COc1ccc(C2=NC(C)(C)N(CC(=O)NCc3ccccc3Cl)C2=O)cc1. The molecule has 1 aliphatic rings. The fraction of sp³-hybridized carbons (Fsp3) is 0.286. The third-order valence-corrected chi connectivity index (χ3v) is 4.96. The molecule has 0 saturated heterocycles. The topological polar surface area (TPSA) is 71.0 Å². The van der Waals surface area contributed by atoms with Crippen LogP contribution in [0.25, 0.3) is 0 Å². The summed E-state index contributed by atoms with van der Waals surface area (Å²) in [6.45, 7) is 3.83. The van der Waals surface area contributed by atoms with Crippen LogP contribution in [0.15, 0.2) is 53.5 Å². The molecule has 6 nitrogen and oxygen atoms in total. The molecule has 0 aromatic heterocycles. The minimum Gasteiger partial charge on any atom is -0.497 e. The molecule has 146 valence electrons. The van der Waals surface area contributed by atoms with E-state index in [0.29, 0.717) is 28.6 Å². The standard InChI is InChI=1S/C21H22ClN3O3/c1-21(2)24-19(14-8-10-16(28-3)11-9-14)20(27)25(21)13-18(26)23-12-15-6-4-5-7-17(15)22/h4-11H,12-13H2,1-3H3,(H,23,26). The first-order valence-electron chi connectivity index (χ1n) is 8.88. The molecule has 0 fully saturated rings. The number of nitrogens with one attached hydrogen (secondary N) is 1. The molecule has 7 heteroatoms. The van der Waals surface area contributed by atoms with Gasteiger partial charge in [0, 0.05) is 17.1 Å². The first kappa shape index (κ1) is 19.9. The zero-order chi connectivity index (χ0) is 20.3. The zero-order valence-corrected chi connectivity index (χ0v) is 16.8. The molecule has 0 bridgehead atoms. The summed E-state index contributed by atoms with van der Waals surface area (Å²) in [6, 6.07) is 14.4. The van der Waals surface area contributed by atoms with Crippen LogP contribution in [0, 0.1) is 0 Å². The average molecular weight is 400 g/mol. The molecular formula is C21H22ClN3O3. The highest BCUT2D eigenvalue weighted by molar-refractivity contribution is 6.47. The van der Waals surface area contributed by atoms with E-state index in [1.807, 2.05) is 32.0 Å². The Labute approximate surface area is 169 Å². The second-order valence-electron chi connectivity index (χ2n) is 6.94. The number of carbonyl (C=O) groups is 2. The molecule has 3 rings (SSSR count). The van der Waals surface area contributed by atoms with E-state index in [2.05, 4.69) is 10.3 Å². The van der Waals surface area contributed by atoms with Crippen LogP contribution in [0.4, 0.5) is 0 Å². The van der Waals surface area contributed by atoms with E-state index >= 15 is 0 Å². The van der Waals surface area contributed by atoms with Gasteiger partial charge in [-0.3, -0.25) is 14.6 Å². The Hall–Kier alpha value is -2.86. The van der Waals surface area contributed by atoms with Gasteiger partial charge in [-0.1, -0.05) is 29.8 Å². The highest BCUT2D eigenvalue weighted by Crippen LogP contribution is 2.26. The maximum Gasteiger partial charge on any atom is 0.275 e. The molecular weight excluding hydrogens is 378 g/mol. The van der Waals surface area contributed by atoms with Gasteiger partial charge in [0.15, 0.2) is 0 Å². The summed E-state index contributed by atoms with van der Waals surface area (Å²) in [5, 5.41) is 3.40. The molecule has 28 heavy (non-hydrogen) atoms. The number of hydrogen-bond acceptors (Lipinski definition) is 4. The number of aliphatic imine (C=N–C) groups is 1. The van der Waals surface area contributed by atoms with Crippen molar-refractivity contribution in [3.63, 3.8) is 0 Å². The van der Waals surface area contributed by atoms with Crippen LogP contribution in [0.5, 0.6) is 5.75 Å². The Balaban J connectivity index is 1.68. The van der Waals surface area contributed by atoms with Crippen LogP contribution < -0.4 is 10.1 Å². The lowest BCUT2D eigenvalue weighted by Gasteiger charge is -2.28. The molecule has 0 radical (unpaired) electrons. The van der Waals surface area contributed by atoms with Crippen molar-refractivity contribution in [1.29, 1.82) is 0 Å². The van der Waals surface area contributed by atoms with Crippen molar-refractivity contribution in [2.24, 2.45) is 4.99 Å². The molecule has 0 atom stereocenters. The predicted octanol–water partition coefficient (Wildman–Crippen LogP) is 3.03. The van der Waals surface area contributed by atoms with Gasteiger partial charge in [-0.05, 0) is 49.7 Å². The Morgan fingerprint density at radius 1 is 1.18 bits per heavy atom. The maximum atomic E-state index is 12.9. The van der Waals surface area contributed by atoms with Crippen molar-refractivity contribution in [3.8, 4) is 5.75 Å². The van der Waals surface area contributed by atoms with Crippen molar-refractivity contribution in [3.05, 3.63) is 64.7 Å². The molecule has 1 heterocycles. The number of amides is 2. The lowest BCUT2D eigenvalue weighted by atomic mass is 10.1. The van der Waals surface area contributed by atoms with Crippen LogP contribution in [0.3, 0.4) is 0 Å². The van der Waals surface area contributed by atoms with Crippen molar-refractivity contribution in [2.75, 3.05) is 13.7 Å². The fourth-order valence-electron chi connectivity index (χ4n) is 3.00. The molecule has 1 aliphatic heterocycles. The van der Waals surface area contributed by atoms with Crippen LogP contribution in [0.1, 0.15) is 25.0 Å². The first-order chi connectivity index (χ1) is 13.3. The number of methoxy groups -OCH3 is 1. The number of ether oxygens (including phenoxy) is 1. The monoisotopic (exact) mass is 399 g/mol. The summed E-state index contributed by atoms with van der Waals surface area (Å²) in [6.07, 6.45) is 0. The lowest BCUT2D eigenvalue weighted by molar-refractivity contribution is -0.134. The largest absolute Gasteiger partial charge is 0.497 e. The second kappa shape index (κ2) is 8.02. The predicted molar refractivity (Wildman–Crippen MR) is 109 cm³/mol. The summed E-state index contributed by atoms with van der Waals surface area (Å²) in [5.41, 5.74) is 1.04. The third-order valence-electron chi connectivity index (χ3n) is 4.59. The molecule has 0 saturated carbocycles. The summed E-state index contributed by atoms with van der Waals surface area (Å²) < 4.78 is 5.15. The van der Waals surface area contributed by atoms with Gasteiger partial charge in [-0.2, -0.15) is 0 Å². The average Bonchev–Trinajstić information content (AvgIpc) is 2.91. The molecule has 2 aromatic rings. The van der Waals surface area contributed by atoms with E-state index in [1.54, 1.807) is 37.4 Å². The van der Waals surface area contributed by atoms with Gasteiger partial charge >= 0.3 is 0 Å². The summed E-state index contributed by atoms with van der Waals surface area (Å²) in [7, 11) is 1.58. The Kier molecular flexibility index (Phi) is 5.70. The van der Waals surface area contributed by atoms with E-state index in [4.69, 9.17) is 16.3 Å². The normalized spacial score (nSPS) is 15.4. The molecule has 0 aliphatic carbocycles. The molecule has 0 spiro atoms. The number of halogens is 1. The van der Waals surface area contributed by atoms with Crippen LogP contribution >= 0.6 is 11.6 Å². The molecule has 0 unspecified atom stereocenters. The molecule has 2 aromatic carbocycles. The van der Waals surface area contributed by atoms with Gasteiger partial charge < -0.3 is 15.0 Å². The van der Waals surface area contributed by atoms with Crippen LogP contribution in [-0.4, -0.2) is 41.7 Å². The van der Waals surface area contributed by atoms with E-state index in [1.165, 1.54) is 4.90 Å². The minimum atomic E-state index is -0.811. The maximum absolute atomic E-state index is 12.9. The van der Waals surface area contributed by atoms with Crippen LogP contribution in [-0.2, 0) is 16.1 Å². The zero-order valence-electron chi connectivity index (χ0n) is 16.0. The van der Waals surface area contributed by atoms with Gasteiger partial charge in [0.05, 0.1) is 7.11 Å². The van der Waals surface area contributed by atoms with Crippen molar-refractivity contribution in [2.45, 2.75) is 26.1 Å². The lowest BCUT2D eigenvalue weighted by Crippen LogP contribution is -2.48. The number of benzene rings is 2. The summed E-state index contributed by atoms with van der Waals surface area (Å²) in [5.74, 6) is 0.153. The number of carbonyl (C=O) groups excluding carboxylic acids is 2. The van der Waals surface area contributed by atoms with E-state index in [9.17, 15) is 9.59 Å². The summed E-state index contributed by atoms with van der Waals surface area (Å²) >= 11 is 6.11. The van der Waals surface area contributed by atoms with Crippen molar-refractivity contribution in [1.82, 2.24) is 10.2 Å². The highest BCUT2D eigenvalue weighted by Gasteiger charge is 2.41. The van der Waals surface area contributed by atoms with E-state index in [-0.39, 0.29) is 18.4 Å². The van der Waals surface area contributed by atoms with Crippen LogP contribution in [0.2, 0.25) is 5.02 Å². The first-order valence-corrected chi connectivity index (χ1v) is 9.26. The van der Waals surface area contributed by atoms with Gasteiger partial charge in [0.2, 0.25) is 5.91 Å². The molecule has 2 amide bonds. The summed E-state index contributed by atoms with van der Waals surface area (Å²) in [4.78, 5) is 31.3. The highest BCUT2D eigenvalue weighted by atomic mass is 35.5. The molecule has 1 N–H and O–H groups in total. The Morgan fingerprint density at radius 2 is 1.86 bits per heavy atom. The second-order valence-corrected chi connectivity index (χ2v) is 7.35. The quantitative estimate of drug-likeness (QED) is 0.811. The third kappa shape index (κ3) is 4.17. The minimum absolute atomic E-state index is 0.0839. The van der Waals surface area contributed by atoms with Gasteiger partial charge in [0.1, 0.15) is 23.7 Å². The number of rotatable bonds is 6. The van der Waals surface area contributed by atoms with Crippen molar-refractivity contribution >= 4 is 29.1 Å². The van der Waals surface area contributed by atoms with E-state index in [0.717, 1.165) is 5.56 Å². The van der Waals surface area contributed by atoms with Crippen molar-refractivity contribution < 1.29 is 14.3 Å². The number of nitrogens with zero attached hydrogens (tertiary/aromatic N) is 2. The van der Waals surface area contributed by atoms with E-state index < -0.39 is 5.66 Å². The van der Waals surface area contributed by atoms with Gasteiger partial charge in [-0.15, -0.1) is 0 Å². The Bertz CT molecular complexity index is 923. The Morgan fingerprint density at radius 3 is 2.50 bits per heavy atom. The number of hydrogen-bond donors (Lipinski definition) is 1. The van der Waals surface area contributed by atoms with Gasteiger partial charge in [-0.25, -0.2) is 0 Å². The fourth-order valence-corrected chi connectivity index (χ4v) is 3.20. The van der Waals surface area contributed by atoms with Gasteiger partial charge in [0.25, 0.3) is 5.91 Å². The smallest absolute Gasteiger partial charge is 0.275 e.